The number of phenolic OH excluding ortho intramolecular Hbond substituents is 1. The van der Waals surface area contributed by atoms with Crippen LogP contribution < -0.4 is 34.7 Å². The maximum Gasteiger partial charge on any atom is 1.00 e. The molecule has 4 aromatic rings. The minimum Gasteiger partial charge on any atom is -0.872 e. The first-order valence-electron chi connectivity index (χ1n) is 7.57. The first kappa shape index (κ1) is 16.8. The summed E-state index contributed by atoms with van der Waals surface area (Å²) in [5, 5.41) is 27.1. The Morgan fingerprint density at radius 2 is 1.33 bits per heavy atom. The first-order chi connectivity index (χ1) is 11.2. The largest absolute Gasteiger partial charge is 1.00 e. The molecule has 0 aliphatic heterocycles. The van der Waals surface area contributed by atoms with Gasteiger partial charge in [-0.25, -0.2) is 0 Å². The quantitative estimate of drug-likeness (QED) is 0.543. The molecule has 24 heavy (non-hydrogen) atoms. The van der Waals surface area contributed by atoms with Crippen LogP contribution in [0.15, 0.2) is 66.7 Å². The van der Waals surface area contributed by atoms with Crippen molar-refractivity contribution in [3.05, 3.63) is 72.3 Å². The number of benzene rings is 4. The molecule has 2 nitrogen and oxygen atoms in total. The molecule has 0 unspecified atom stereocenters. The van der Waals surface area contributed by atoms with Gasteiger partial charge in [0.05, 0.1) is 0 Å². The predicted octanol–water partition coefficient (Wildman–Crippen LogP) is 1.75. The molecular weight excluding hydrogens is 307 g/mol. The summed E-state index contributed by atoms with van der Waals surface area (Å²) in [6.07, 6.45) is 0. The minimum atomic E-state index is -0.0321. The standard InChI is InChI=1S/C21H16O2.Na/c1-13-12-15-7-3-5-9-17(15)20(21(13)23)19-16-8-4-2-6-14(16)10-11-18(19)22;/h2-12,22-23H,1H3;/q;+1/p-1. The zero-order valence-corrected chi connectivity index (χ0v) is 15.7. The second kappa shape index (κ2) is 6.48. The number of phenols is 1. The smallest absolute Gasteiger partial charge is 0.872 e. The Hall–Kier alpha value is -2.00. The van der Waals surface area contributed by atoms with Crippen molar-refractivity contribution in [2.45, 2.75) is 6.92 Å². The van der Waals surface area contributed by atoms with Crippen molar-refractivity contribution in [3.8, 4) is 22.6 Å². The van der Waals surface area contributed by atoms with Gasteiger partial charge in [-0.1, -0.05) is 72.0 Å². The molecule has 0 aliphatic carbocycles. The van der Waals surface area contributed by atoms with E-state index in [1.54, 1.807) is 6.07 Å². The van der Waals surface area contributed by atoms with Gasteiger partial charge in [-0.2, -0.15) is 0 Å². The number of rotatable bonds is 1. The average molecular weight is 322 g/mol. The van der Waals surface area contributed by atoms with Gasteiger partial charge in [0.25, 0.3) is 0 Å². The van der Waals surface area contributed by atoms with Crippen LogP contribution >= 0.6 is 0 Å². The Balaban J connectivity index is 0.00000169. The fourth-order valence-corrected chi connectivity index (χ4v) is 3.24. The van der Waals surface area contributed by atoms with Gasteiger partial charge in [0.1, 0.15) is 5.75 Å². The van der Waals surface area contributed by atoms with E-state index in [-0.39, 0.29) is 41.1 Å². The summed E-state index contributed by atoms with van der Waals surface area (Å²) in [5.41, 5.74) is 1.88. The summed E-state index contributed by atoms with van der Waals surface area (Å²) in [5.74, 6) is 0.104. The van der Waals surface area contributed by atoms with Crippen LogP contribution in [-0.4, -0.2) is 5.11 Å². The van der Waals surface area contributed by atoms with Gasteiger partial charge in [-0.05, 0) is 40.1 Å². The van der Waals surface area contributed by atoms with Crippen molar-refractivity contribution in [1.29, 1.82) is 0 Å². The molecule has 1 N–H and O–H groups in total. The summed E-state index contributed by atoms with van der Waals surface area (Å²) in [6.45, 7) is 1.82. The third-order valence-corrected chi connectivity index (χ3v) is 4.34. The van der Waals surface area contributed by atoms with Crippen molar-refractivity contribution in [2.75, 3.05) is 0 Å². The molecule has 0 spiro atoms. The molecule has 4 rings (SSSR count). The Labute approximate surface area is 162 Å². The molecule has 112 valence electrons. The van der Waals surface area contributed by atoms with E-state index >= 15 is 0 Å². The molecule has 0 aliphatic rings. The summed E-state index contributed by atoms with van der Waals surface area (Å²) >= 11 is 0. The maximum atomic E-state index is 12.9. The third-order valence-electron chi connectivity index (χ3n) is 4.34. The fraction of sp³-hybridized carbons (Fsp3) is 0.0476. The molecule has 0 fully saturated rings. The van der Waals surface area contributed by atoms with Gasteiger partial charge < -0.3 is 10.2 Å². The van der Waals surface area contributed by atoms with Crippen molar-refractivity contribution in [3.63, 3.8) is 0 Å². The average Bonchev–Trinajstić information content (AvgIpc) is 2.57. The van der Waals surface area contributed by atoms with Crippen LogP contribution in [0.5, 0.6) is 11.5 Å². The molecule has 0 saturated heterocycles. The normalized spacial score (nSPS) is 10.7. The molecule has 0 atom stereocenters. The Kier molecular flexibility index (Phi) is 4.55. The topological polar surface area (TPSA) is 43.3 Å². The molecule has 0 saturated carbocycles. The molecule has 0 aromatic heterocycles. The van der Waals surface area contributed by atoms with Crippen LogP contribution in [0, 0.1) is 6.92 Å². The Morgan fingerprint density at radius 3 is 2.04 bits per heavy atom. The van der Waals surface area contributed by atoms with Crippen LogP contribution in [0.25, 0.3) is 32.7 Å². The third kappa shape index (κ3) is 2.57. The van der Waals surface area contributed by atoms with E-state index in [0.717, 1.165) is 21.5 Å². The molecular formula is C21H15NaO2. The van der Waals surface area contributed by atoms with Crippen molar-refractivity contribution < 1.29 is 39.8 Å². The number of fused-ring (bicyclic) bond motifs is 2. The van der Waals surface area contributed by atoms with E-state index in [9.17, 15) is 10.2 Å². The second-order valence-electron chi connectivity index (χ2n) is 5.80. The monoisotopic (exact) mass is 322 g/mol. The molecule has 0 radical (unpaired) electrons. The Bertz CT molecular complexity index is 1050. The molecule has 0 bridgehead atoms. The maximum absolute atomic E-state index is 12.9. The van der Waals surface area contributed by atoms with Crippen LogP contribution in [0.3, 0.4) is 0 Å². The summed E-state index contributed by atoms with van der Waals surface area (Å²) in [7, 11) is 0. The molecule has 4 aromatic carbocycles. The summed E-state index contributed by atoms with van der Waals surface area (Å²) in [4.78, 5) is 0. The number of hydrogen-bond donors (Lipinski definition) is 1. The van der Waals surface area contributed by atoms with Crippen LogP contribution in [0.2, 0.25) is 0 Å². The van der Waals surface area contributed by atoms with Gasteiger partial charge in [0.15, 0.2) is 0 Å². The fourth-order valence-electron chi connectivity index (χ4n) is 3.24. The van der Waals surface area contributed by atoms with Gasteiger partial charge in [0, 0.05) is 5.56 Å². The number of aryl methyl sites for hydroxylation is 1. The number of aromatic hydroxyl groups is 1. The Morgan fingerprint density at radius 1 is 0.750 bits per heavy atom. The van der Waals surface area contributed by atoms with E-state index in [1.807, 2.05) is 67.6 Å². The summed E-state index contributed by atoms with van der Waals surface area (Å²) < 4.78 is 0. The van der Waals surface area contributed by atoms with Crippen LogP contribution in [-0.2, 0) is 0 Å². The van der Waals surface area contributed by atoms with E-state index in [2.05, 4.69) is 0 Å². The van der Waals surface area contributed by atoms with Gasteiger partial charge in [-0.15, -0.1) is 0 Å². The predicted molar refractivity (Wildman–Crippen MR) is 92.7 cm³/mol. The second-order valence-corrected chi connectivity index (χ2v) is 5.80. The SMILES string of the molecule is Cc1cc2ccccc2c(-c2c(O)ccc3ccccc23)c1[O-].[Na+]. The van der Waals surface area contributed by atoms with Gasteiger partial charge in [-0.3, -0.25) is 0 Å². The van der Waals surface area contributed by atoms with Crippen LogP contribution in [0.4, 0.5) is 0 Å². The van der Waals surface area contributed by atoms with E-state index in [4.69, 9.17) is 0 Å². The van der Waals surface area contributed by atoms with Crippen LogP contribution in [0.1, 0.15) is 5.56 Å². The van der Waals surface area contributed by atoms with Gasteiger partial charge >= 0.3 is 29.6 Å². The van der Waals surface area contributed by atoms with Gasteiger partial charge in [0.2, 0.25) is 0 Å². The van der Waals surface area contributed by atoms with Crippen molar-refractivity contribution in [1.82, 2.24) is 0 Å². The zero-order chi connectivity index (χ0) is 16.0. The molecule has 0 heterocycles. The number of hydrogen-bond acceptors (Lipinski definition) is 2. The van der Waals surface area contributed by atoms with E-state index in [0.29, 0.717) is 16.7 Å². The van der Waals surface area contributed by atoms with Crippen molar-refractivity contribution in [2.24, 2.45) is 0 Å². The first-order valence-corrected chi connectivity index (χ1v) is 7.57. The summed E-state index contributed by atoms with van der Waals surface area (Å²) in [6, 6.07) is 21.1. The minimum absolute atomic E-state index is 0. The molecule has 0 amide bonds. The zero-order valence-electron chi connectivity index (χ0n) is 13.7. The van der Waals surface area contributed by atoms with E-state index in [1.165, 1.54) is 0 Å². The van der Waals surface area contributed by atoms with E-state index < -0.39 is 0 Å². The van der Waals surface area contributed by atoms with Crippen molar-refractivity contribution >= 4 is 21.5 Å². The molecule has 3 heteroatoms.